The highest BCUT2D eigenvalue weighted by molar-refractivity contribution is 7.10. The molecule has 0 spiro atoms. The normalized spacial score (nSPS) is 26.6. The van der Waals surface area contributed by atoms with Crippen LogP contribution in [0.4, 0.5) is 5.69 Å². The summed E-state index contributed by atoms with van der Waals surface area (Å²) in [7, 11) is 1.59. The number of benzene rings is 1. The number of rotatable bonds is 3. The van der Waals surface area contributed by atoms with Crippen LogP contribution in [0.5, 0.6) is 5.75 Å². The maximum atomic E-state index is 13.0. The van der Waals surface area contributed by atoms with E-state index in [1.165, 1.54) is 9.78 Å². The monoisotopic (exact) mass is 349 g/mol. The molecule has 6 heteroatoms. The number of quaternary nitrogens is 1. The van der Waals surface area contributed by atoms with E-state index in [2.05, 4.69) is 11.4 Å². The molecule has 2 aliphatic heterocycles. The molecule has 120 valence electrons. The fourth-order valence-corrected chi connectivity index (χ4v) is 4.89. The van der Waals surface area contributed by atoms with E-state index >= 15 is 0 Å². The van der Waals surface area contributed by atoms with Crippen LogP contribution in [0.2, 0.25) is 5.02 Å². The van der Waals surface area contributed by atoms with Gasteiger partial charge in [-0.15, -0.1) is 11.3 Å². The van der Waals surface area contributed by atoms with Gasteiger partial charge in [0.15, 0.2) is 6.04 Å². The molecule has 4 nitrogen and oxygen atoms in total. The van der Waals surface area contributed by atoms with Crippen molar-refractivity contribution in [3.63, 3.8) is 0 Å². The number of carbonyl (C=O) groups is 1. The van der Waals surface area contributed by atoms with Crippen LogP contribution in [-0.4, -0.2) is 25.6 Å². The van der Waals surface area contributed by atoms with Crippen LogP contribution in [0.25, 0.3) is 0 Å². The molecule has 1 amide bonds. The van der Waals surface area contributed by atoms with Crippen LogP contribution in [0, 0.1) is 0 Å². The molecule has 0 radical (unpaired) electrons. The van der Waals surface area contributed by atoms with Gasteiger partial charge in [-0.2, -0.15) is 0 Å². The lowest BCUT2D eigenvalue weighted by Gasteiger charge is -2.25. The molecule has 2 aromatic rings. The molecule has 2 aliphatic rings. The van der Waals surface area contributed by atoms with Crippen molar-refractivity contribution >= 4 is 34.5 Å². The Bertz CT molecular complexity index is 734. The van der Waals surface area contributed by atoms with Gasteiger partial charge >= 0.3 is 0 Å². The molecular formula is C17H18ClN2O2S+. The van der Waals surface area contributed by atoms with E-state index in [4.69, 9.17) is 16.3 Å². The number of thiophene rings is 1. The number of nitrogens with one attached hydrogen (secondary N) is 1. The van der Waals surface area contributed by atoms with E-state index in [1.54, 1.807) is 18.4 Å². The second kappa shape index (κ2) is 5.82. The van der Waals surface area contributed by atoms with E-state index in [1.807, 2.05) is 29.2 Å². The Balaban J connectivity index is 1.78. The summed E-state index contributed by atoms with van der Waals surface area (Å²) in [6, 6.07) is 9.82. The van der Waals surface area contributed by atoms with Crippen molar-refractivity contribution in [2.24, 2.45) is 0 Å². The molecule has 1 unspecified atom stereocenters. The zero-order valence-electron chi connectivity index (χ0n) is 12.8. The lowest BCUT2D eigenvalue weighted by atomic mass is 10.2. The van der Waals surface area contributed by atoms with Crippen LogP contribution in [0.3, 0.4) is 0 Å². The zero-order chi connectivity index (χ0) is 16.0. The Labute approximate surface area is 144 Å². The number of anilines is 1. The molecule has 0 aliphatic carbocycles. The number of amides is 1. The first-order chi connectivity index (χ1) is 11.2. The topological polar surface area (TPSA) is 34.0 Å². The first-order valence-corrected chi connectivity index (χ1v) is 9.02. The fourth-order valence-electron chi connectivity index (χ4n) is 3.78. The third kappa shape index (κ3) is 2.35. The van der Waals surface area contributed by atoms with E-state index in [-0.39, 0.29) is 18.1 Å². The Kier molecular flexibility index (Phi) is 3.79. The Morgan fingerprint density at radius 1 is 1.39 bits per heavy atom. The van der Waals surface area contributed by atoms with Gasteiger partial charge in [-0.3, -0.25) is 9.69 Å². The van der Waals surface area contributed by atoms with Crippen molar-refractivity contribution < 1.29 is 14.4 Å². The van der Waals surface area contributed by atoms with Gasteiger partial charge in [0, 0.05) is 12.8 Å². The summed E-state index contributed by atoms with van der Waals surface area (Å²) in [5, 5.41) is 2.60. The van der Waals surface area contributed by atoms with Gasteiger partial charge in [0.05, 0.1) is 29.2 Å². The average Bonchev–Trinajstić information content (AvgIpc) is 3.26. The molecule has 1 aromatic carbocycles. The predicted molar refractivity (Wildman–Crippen MR) is 91.4 cm³/mol. The van der Waals surface area contributed by atoms with Gasteiger partial charge in [-0.05, 0) is 29.6 Å². The van der Waals surface area contributed by atoms with Crippen molar-refractivity contribution in [2.75, 3.05) is 18.6 Å². The minimum atomic E-state index is 0.0551. The van der Waals surface area contributed by atoms with Crippen molar-refractivity contribution in [1.29, 1.82) is 0 Å². The lowest BCUT2D eigenvalue weighted by Crippen LogP contribution is -3.12. The van der Waals surface area contributed by atoms with Gasteiger partial charge in [-0.1, -0.05) is 17.7 Å². The highest BCUT2D eigenvalue weighted by atomic mass is 35.5. The Morgan fingerprint density at radius 3 is 2.96 bits per heavy atom. The molecule has 3 heterocycles. The number of methoxy groups -OCH3 is 1. The number of ether oxygens (including phenoxy) is 1. The summed E-state index contributed by atoms with van der Waals surface area (Å²) in [6.45, 7) is 1.04. The number of carbonyl (C=O) groups excluding carboxylic acids is 1. The lowest BCUT2D eigenvalue weighted by molar-refractivity contribution is -0.924. The molecule has 0 bridgehead atoms. The highest BCUT2D eigenvalue weighted by Crippen LogP contribution is 2.36. The standard InChI is InChI=1S/C17H17ClN2O2S/c1-22-14-7-6-11(10-12(14)18)20-16(15-5-3-9-23-15)19-8-2-4-13(19)17(20)21/h3,5-7,9-10,13,16H,2,4,8H2,1H3/p+1/t13-,16+/m1/s1. The number of nitrogens with zero attached hydrogens (tertiary/aromatic N) is 1. The van der Waals surface area contributed by atoms with Gasteiger partial charge in [0.2, 0.25) is 6.17 Å². The Hall–Kier alpha value is -1.56. The molecule has 3 atom stereocenters. The fraction of sp³-hybridized carbons (Fsp3) is 0.353. The maximum Gasteiger partial charge on any atom is 0.290 e. The quantitative estimate of drug-likeness (QED) is 0.923. The van der Waals surface area contributed by atoms with Gasteiger partial charge in [-0.25, -0.2) is 0 Å². The van der Waals surface area contributed by atoms with Gasteiger partial charge in [0.1, 0.15) is 5.75 Å². The predicted octanol–water partition coefficient (Wildman–Crippen LogP) is 2.50. The smallest absolute Gasteiger partial charge is 0.290 e. The summed E-state index contributed by atoms with van der Waals surface area (Å²) in [4.78, 5) is 17.5. The molecule has 2 fully saturated rings. The number of fused-ring (bicyclic) bond motifs is 1. The summed E-state index contributed by atoms with van der Waals surface area (Å²) in [5.74, 6) is 0.833. The second-order valence-corrected chi connectivity index (χ2v) is 7.35. The van der Waals surface area contributed by atoms with Crippen molar-refractivity contribution in [3.8, 4) is 5.75 Å². The second-order valence-electron chi connectivity index (χ2n) is 5.96. The van der Waals surface area contributed by atoms with Crippen LogP contribution in [0.15, 0.2) is 35.7 Å². The Morgan fingerprint density at radius 2 is 2.26 bits per heavy atom. The van der Waals surface area contributed by atoms with Crippen LogP contribution >= 0.6 is 22.9 Å². The van der Waals surface area contributed by atoms with Crippen molar-refractivity contribution in [3.05, 3.63) is 45.6 Å². The third-order valence-corrected chi connectivity index (χ3v) is 6.00. The SMILES string of the molecule is COc1ccc(N2C(=O)[C@H]3CCC[NH+]3[C@@H]2c2cccs2)cc1Cl. The number of halogens is 1. The van der Waals surface area contributed by atoms with E-state index < -0.39 is 0 Å². The highest BCUT2D eigenvalue weighted by Gasteiger charge is 2.53. The molecule has 4 rings (SSSR count). The molecular weight excluding hydrogens is 332 g/mol. The summed E-state index contributed by atoms with van der Waals surface area (Å²) >= 11 is 7.99. The van der Waals surface area contributed by atoms with Crippen LogP contribution in [0.1, 0.15) is 23.9 Å². The molecule has 1 N–H and O–H groups in total. The van der Waals surface area contributed by atoms with E-state index in [9.17, 15) is 4.79 Å². The number of hydrogen-bond donors (Lipinski definition) is 1. The van der Waals surface area contributed by atoms with Crippen molar-refractivity contribution in [1.82, 2.24) is 0 Å². The largest absolute Gasteiger partial charge is 0.495 e. The van der Waals surface area contributed by atoms with Crippen molar-refractivity contribution in [2.45, 2.75) is 25.0 Å². The average molecular weight is 350 g/mol. The van der Waals surface area contributed by atoms with Crippen LogP contribution in [-0.2, 0) is 4.79 Å². The van der Waals surface area contributed by atoms with E-state index in [0.717, 1.165) is 25.1 Å². The molecule has 0 saturated carbocycles. The van der Waals surface area contributed by atoms with Gasteiger partial charge < -0.3 is 9.64 Å². The maximum absolute atomic E-state index is 13.0. The molecule has 1 aromatic heterocycles. The minimum absolute atomic E-state index is 0.0551. The first-order valence-electron chi connectivity index (χ1n) is 7.76. The van der Waals surface area contributed by atoms with E-state index in [0.29, 0.717) is 10.8 Å². The number of hydrogen-bond acceptors (Lipinski definition) is 3. The minimum Gasteiger partial charge on any atom is -0.495 e. The zero-order valence-corrected chi connectivity index (χ0v) is 14.4. The van der Waals surface area contributed by atoms with Crippen LogP contribution < -0.4 is 14.5 Å². The summed E-state index contributed by atoms with van der Waals surface area (Å²) < 4.78 is 5.22. The summed E-state index contributed by atoms with van der Waals surface area (Å²) in [6.07, 6.45) is 2.14. The molecule has 23 heavy (non-hydrogen) atoms. The summed E-state index contributed by atoms with van der Waals surface area (Å²) in [5.41, 5.74) is 0.848. The third-order valence-electron chi connectivity index (χ3n) is 4.78. The molecule has 2 saturated heterocycles. The van der Waals surface area contributed by atoms with Gasteiger partial charge in [0.25, 0.3) is 5.91 Å². The first kappa shape index (κ1) is 15.0.